The summed E-state index contributed by atoms with van der Waals surface area (Å²) in [6.45, 7) is 1.30. The first-order valence-electron chi connectivity index (χ1n) is 5.84. The molecule has 1 aromatic heterocycles. The SMILES string of the molecule is Cc1ccc(C(=O)OCC(=O)Nc2ccccc2Cl)o1. The Hall–Kier alpha value is -2.27. The van der Waals surface area contributed by atoms with Gasteiger partial charge in [0.15, 0.2) is 6.61 Å². The first kappa shape index (κ1) is 14.1. The largest absolute Gasteiger partial charge is 0.454 e. The number of anilines is 1. The van der Waals surface area contributed by atoms with Crippen LogP contribution in [0.15, 0.2) is 40.8 Å². The van der Waals surface area contributed by atoms with Crippen LogP contribution in [0.4, 0.5) is 5.69 Å². The molecule has 0 radical (unpaired) electrons. The molecule has 0 unspecified atom stereocenters. The summed E-state index contributed by atoms with van der Waals surface area (Å²) in [5, 5.41) is 2.95. The minimum Gasteiger partial charge on any atom is -0.454 e. The van der Waals surface area contributed by atoms with Crippen LogP contribution in [-0.4, -0.2) is 18.5 Å². The molecule has 0 aliphatic rings. The van der Waals surface area contributed by atoms with Crippen molar-refractivity contribution in [3.63, 3.8) is 0 Å². The maximum absolute atomic E-state index is 11.6. The van der Waals surface area contributed by atoms with E-state index in [1.807, 2.05) is 0 Å². The van der Waals surface area contributed by atoms with Crippen LogP contribution in [-0.2, 0) is 9.53 Å². The van der Waals surface area contributed by atoms with Gasteiger partial charge in [0, 0.05) is 0 Å². The molecule has 1 heterocycles. The predicted molar refractivity (Wildman–Crippen MR) is 73.8 cm³/mol. The Morgan fingerprint density at radius 3 is 2.65 bits per heavy atom. The van der Waals surface area contributed by atoms with Crippen LogP contribution in [0.1, 0.15) is 16.3 Å². The van der Waals surface area contributed by atoms with Crippen LogP contribution in [0.5, 0.6) is 0 Å². The molecule has 1 N–H and O–H groups in total. The molecule has 2 aromatic rings. The Balaban J connectivity index is 1.87. The maximum atomic E-state index is 11.6. The monoisotopic (exact) mass is 293 g/mol. The minimum absolute atomic E-state index is 0.0630. The Morgan fingerprint density at radius 2 is 2.00 bits per heavy atom. The summed E-state index contributed by atoms with van der Waals surface area (Å²) in [5.74, 6) is -0.507. The van der Waals surface area contributed by atoms with E-state index in [2.05, 4.69) is 5.32 Å². The van der Waals surface area contributed by atoms with Gasteiger partial charge in [-0.05, 0) is 31.2 Å². The number of amides is 1. The molecule has 0 spiro atoms. The molecule has 0 saturated carbocycles. The molecule has 0 saturated heterocycles. The highest BCUT2D eigenvalue weighted by molar-refractivity contribution is 6.33. The lowest BCUT2D eigenvalue weighted by Gasteiger charge is -2.07. The molecule has 0 fully saturated rings. The fourth-order valence-electron chi connectivity index (χ4n) is 1.50. The number of carbonyl (C=O) groups excluding carboxylic acids is 2. The first-order chi connectivity index (χ1) is 9.56. The lowest BCUT2D eigenvalue weighted by atomic mass is 10.3. The van der Waals surface area contributed by atoms with E-state index in [1.165, 1.54) is 6.07 Å². The van der Waals surface area contributed by atoms with Crippen molar-refractivity contribution in [2.75, 3.05) is 11.9 Å². The molecule has 0 aliphatic carbocycles. The maximum Gasteiger partial charge on any atom is 0.374 e. The zero-order valence-corrected chi connectivity index (χ0v) is 11.4. The predicted octanol–water partition coefficient (Wildman–Crippen LogP) is 3.04. The summed E-state index contributed by atoms with van der Waals surface area (Å²) in [5.41, 5.74) is 0.462. The van der Waals surface area contributed by atoms with E-state index in [0.29, 0.717) is 16.5 Å². The molecule has 0 atom stereocenters. The zero-order valence-electron chi connectivity index (χ0n) is 10.7. The van der Waals surface area contributed by atoms with E-state index in [9.17, 15) is 9.59 Å². The fraction of sp³-hybridized carbons (Fsp3) is 0.143. The van der Waals surface area contributed by atoms with Gasteiger partial charge in [-0.2, -0.15) is 0 Å². The average molecular weight is 294 g/mol. The highest BCUT2D eigenvalue weighted by Gasteiger charge is 2.14. The van der Waals surface area contributed by atoms with E-state index in [4.69, 9.17) is 20.8 Å². The van der Waals surface area contributed by atoms with Crippen LogP contribution >= 0.6 is 11.6 Å². The summed E-state index contributed by atoms with van der Waals surface area (Å²) in [7, 11) is 0. The zero-order chi connectivity index (χ0) is 14.5. The molecule has 20 heavy (non-hydrogen) atoms. The van der Waals surface area contributed by atoms with Crippen molar-refractivity contribution in [3.05, 3.63) is 52.9 Å². The van der Waals surface area contributed by atoms with Crippen molar-refractivity contribution in [1.29, 1.82) is 0 Å². The standard InChI is InChI=1S/C14H12ClNO4/c1-9-6-7-12(20-9)14(18)19-8-13(17)16-11-5-3-2-4-10(11)15/h2-7H,8H2,1H3,(H,16,17). The van der Waals surface area contributed by atoms with Gasteiger partial charge >= 0.3 is 5.97 Å². The normalized spacial score (nSPS) is 10.1. The third kappa shape index (κ3) is 3.61. The molecule has 5 nitrogen and oxygen atoms in total. The smallest absolute Gasteiger partial charge is 0.374 e. The van der Waals surface area contributed by atoms with E-state index in [1.54, 1.807) is 37.3 Å². The number of hydrogen-bond acceptors (Lipinski definition) is 4. The number of aryl methyl sites for hydroxylation is 1. The number of halogens is 1. The molecule has 1 aromatic carbocycles. The van der Waals surface area contributed by atoms with Crippen molar-refractivity contribution >= 4 is 29.2 Å². The van der Waals surface area contributed by atoms with Gasteiger partial charge in [0.1, 0.15) is 5.76 Å². The van der Waals surface area contributed by atoms with Gasteiger partial charge in [-0.3, -0.25) is 4.79 Å². The lowest BCUT2D eigenvalue weighted by Crippen LogP contribution is -2.20. The number of carbonyl (C=O) groups is 2. The molecule has 1 amide bonds. The Bertz CT molecular complexity index is 636. The number of hydrogen-bond donors (Lipinski definition) is 1. The van der Waals surface area contributed by atoms with Gasteiger partial charge in [0.05, 0.1) is 10.7 Å². The number of rotatable bonds is 4. The number of para-hydroxylation sites is 1. The molecule has 0 bridgehead atoms. The van der Waals surface area contributed by atoms with Gasteiger partial charge in [0.2, 0.25) is 5.76 Å². The van der Waals surface area contributed by atoms with Crippen molar-refractivity contribution in [2.45, 2.75) is 6.92 Å². The molecule has 0 aliphatic heterocycles. The highest BCUT2D eigenvalue weighted by Crippen LogP contribution is 2.20. The number of ether oxygens (including phenoxy) is 1. The van der Waals surface area contributed by atoms with E-state index < -0.39 is 18.5 Å². The second-order valence-electron chi connectivity index (χ2n) is 4.01. The third-order valence-electron chi connectivity index (χ3n) is 2.42. The Kier molecular flexibility index (Phi) is 4.42. The van der Waals surface area contributed by atoms with Crippen LogP contribution in [0.25, 0.3) is 0 Å². The molecule has 2 rings (SSSR count). The van der Waals surface area contributed by atoms with Crippen LogP contribution in [0, 0.1) is 6.92 Å². The Morgan fingerprint density at radius 1 is 1.25 bits per heavy atom. The van der Waals surface area contributed by atoms with Crippen molar-refractivity contribution in [3.8, 4) is 0 Å². The molecule has 6 heteroatoms. The van der Waals surface area contributed by atoms with Crippen molar-refractivity contribution in [1.82, 2.24) is 0 Å². The molecular weight excluding hydrogens is 282 g/mol. The quantitative estimate of drug-likeness (QED) is 0.880. The third-order valence-corrected chi connectivity index (χ3v) is 2.75. The summed E-state index contributed by atoms with van der Waals surface area (Å²) in [6.07, 6.45) is 0. The number of benzene rings is 1. The van der Waals surface area contributed by atoms with Gasteiger partial charge in [-0.15, -0.1) is 0 Å². The van der Waals surface area contributed by atoms with Crippen LogP contribution in [0.2, 0.25) is 5.02 Å². The summed E-state index contributed by atoms with van der Waals surface area (Å²) in [4.78, 5) is 23.2. The Labute approximate surface area is 120 Å². The second-order valence-corrected chi connectivity index (χ2v) is 4.42. The van der Waals surface area contributed by atoms with Crippen molar-refractivity contribution in [2.24, 2.45) is 0 Å². The number of esters is 1. The fourth-order valence-corrected chi connectivity index (χ4v) is 1.68. The summed E-state index contributed by atoms with van der Waals surface area (Å²) >= 11 is 5.89. The van der Waals surface area contributed by atoms with Gasteiger partial charge < -0.3 is 14.5 Å². The van der Waals surface area contributed by atoms with Crippen molar-refractivity contribution < 1.29 is 18.7 Å². The van der Waals surface area contributed by atoms with E-state index in [-0.39, 0.29) is 5.76 Å². The van der Waals surface area contributed by atoms with Gasteiger partial charge in [0.25, 0.3) is 5.91 Å². The first-order valence-corrected chi connectivity index (χ1v) is 6.22. The van der Waals surface area contributed by atoms with Crippen LogP contribution < -0.4 is 5.32 Å². The summed E-state index contributed by atoms with van der Waals surface area (Å²) in [6, 6.07) is 9.91. The molecule has 104 valence electrons. The number of nitrogens with one attached hydrogen (secondary N) is 1. The van der Waals surface area contributed by atoms with E-state index in [0.717, 1.165) is 0 Å². The molecular formula is C14H12ClNO4. The van der Waals surface area contributed by atoms with Gasteiger partial charge in [-0.1, -0.05) is 23.7 Å². The summed E-state index contributed by atoms with van der Waals surface area (Å²) < 4.78 is 9.92. The lowest BCUT2D eigenvalue weighted by molar-refractivity contribution is -0.119. The topological polar surface area (TPSA) is 68.5 Å². The van der Waals surface area contributed by atoms with E-state index >= 15 is 0 Å². The van der Waals surface area contributed by atoms with Crippen LogP contribution in [0.3, 0.4) is 0 Å². The average Bonchev–Trinajstić information content (AvgIpc) is 2.85. The minimum atomic E-state index is -0.688. The highest BCUT2D eigenvalue weighted by atomic mass is 35.5. The number of furan rings is 1. The second kappa shape index (κ2) is 6.25. The van der Waals surface area contributed by atoms with Gasteiger partial charge in [-0.25, -0.2) is 4.79 Å².